The van der Waals surface area contributed by atoms with Crippen molar-refractivity contribution in [3.8, 4) is 0 Å². The van der Waals surface area contributed by atoms with Gasteiger partial charge < -0.3 is 11.1 Å². The fourth-order valence-corrected chi connectivity index (χ4v) is 1.60. The maximum atomic E-state index is 12.3. The lowest BCUT2D eigenvalue weighted by Crippen LogP contribution is -2.34. The Morgan fingerprint density at radius 2 is 1.89 bits per heavy atom. The third-order valence-electron chi connectivity index (χ3n) is 2.67. The molecule has 1 amide bonds. The quantitative estimate of drug-likeness (QED) is 0.863. The van der Waals surface area contributed by atoms with E-state index in [1.807, 2.05) is 0 Å². The molecule has 1 aromatic carbocycles. The number of halogens is 3. The molecule has 100 valence electrons. The van der Waals surface area contributed by atoms with Gasteiger partial charge in [0.25, 0.3) is 0 Å². The van der Waals surface area contributed by atoms with E-state index in [1.165, 1.54) is 19.2 Å². The van der Waals surface area contributed by atoms with Crippen LogP contribution in [0.3, 0.4) is 0 Å². The number of hydrogen-bond acceptors (Lipinski definition) is 2. The van der Waals surface area contributed by atoms with E-state index < -0.39 is 17.7 Å². The van der Waals surface area contributed by atoms with Crippen molar-refractivity contribution in [2.45, 2.75) is 12.6 Å². The largest absolute Gasteiger partial charge is 0.416 e. The van der Waals surface area contributed by atoms with Crippen LogP contribution in [-0.2, 0) is 17.4 Å². The normalized spacial score (nSPS) is 13.2. The number of carbonyl (C=O) groups excluding carboxylic acids is 1. The van der Waals surface area contributed by atoms with Crippen LogP contribution in [0, 0.1) is 5.92 Å². The Hall–Kier alpha value is -1.56. The minimum atomic E-state index is -4.34. The molecule has 0 fully saturated rings. The molecule has 0 radical (unpaired) electrons. The fraction of sp³-hybridized carbons (Fsp3) is 0.417. The number of alkyl halides is 3. The molecule has 18 heavy (non-hydrogen) atoms. The summed E-state index contributed by atoms with van der Waals surface area (Å²) in [5, 5.41) is 2.47. The van der Waals surface area contributed by atoms with Gasteiger partial charge in [-0.3, -0.25) is 4.79 Å². The van der Waals surface area contributed by atoms with Crippen molar-refractivity contribution in [2.24, 2.45) is 11.7 Å². The van der Waals surface area contributed by atoms with E-state index in [2.05, 4.69) is 5.32 Å². The first-order valence-electron chi connectivity index (χ1n) is 5.46. The number of amides is 1. The zero-order valence-electron chi connectivity index (χ0n) is 9.92. The highest BCUT2D eigenvalue weighted by Crippen LogP contribution is 2.29. The summed E-state index contributed by atoms with van der Waals surface area (Å²) in [6, 6.07) is 4.75. The predicted molar refractivity (Wildman–Crippen MR) is 61.8 cm³/mol. The van der Waals surface area contributed by atoms with Crippen LogP contribution in [0.4, 0.5) is 13.2 Å². The molecule has 0 bridgehead atoms. The third-order valence-corrected chi connectivity index (χ3v) is 2.67. The molecule has 1 atom stereocenters. The zero-order chi connectivity index (χ0) is 13.8. The van der Waals surface area contributed by atoms with Gasteiger partial charge in [-0.2, -0.15) is 13.2 Å². The van der Waals surface area contributed by atoms with Crippen LogP contribution in [0.5, 0.6) is 0 Å². The van der Waals surface area contributed by atoms with Crippen molar-refractivity contribution in [1.29, 1.82) is 0 Å². The van der Waals surface area contributed by atoms with Gasteiger partial charge >= 0.3 is 6.18 Å². The highest BCUT2D eigenvalue weighted by Gasteiger charge is 2.30. The Balaban J connectivity index is 2.77. The van der Waals surface area contributed by atoms with Gasteiger partial charge in [-0.25, -0.2) is 0 Å². The second kappa shape index (κ2) is 5.86. The number of hydrogen-bond donors (Lipinski definition) is 2. The lowest BCUT2D eigenvalue weighted by Gasteiger charge is -2.13. The number of nitrogens with one attached hydrogen (secondary N) is 1. The van der Waals surface area contributed by atoms with Crippen LogP contribution in [0.15, 0.2) is 24.3 Å². The highest BCUT2D eigenvalue weighted by atomic mass is 19.4. The Kier molecular flexibility index (Phi) is 4.72. The van der Waals surface area contributed by atoms with Crippen LogP contribution in [0.1, 0.15) is 11.1 Å². The van der Waals surface area contributed by atoms with Crippen molar-refractivity contribution in [3.05, 3.63) is 35.4 Å². The van der Waals surface area contributed by atoms with Gasteiger partial charge in [0.2, 0.25) is 5.91 Å². The molecule has 0 aliphatic heterocycles. The Morgan fingerprint density at radius 1 is 1.33 bits per heavy atom. The van der Waals surface area contributed by atoms with E-state index in [4.69, 9.17) is 5.73 Å². The molecule has 1 aromatic rings. The second-order valence-electron chi connectivity index (χ2n) is 3.95. The van der Waals surface area contributed by atoms with Crippen LogP contribution < -0.4 is 11.1 Å². The minimum Gasteiger partial charge on any atom is -0.359 e. The first kappa shape index (κ1) is 14.5. The van der Waals surface area contributed by atoms with Crippen molar-refractivity contribution < 1.29 is 18.0 Å². The molecular formula is C12H15F3N2O. The molecule has 0 aliphatic carbocycles. The number of nitrogens with two attached hydrogens (primary N) is 1. The summed E-state index contributed by atoms with van der Waals surface area (Å²) < 4.78 is 37.0. The number of carbonyl (C=O) groups is 1. The fourth-order valence-electron chi connectivity index (χ4n) is 1.60. The molecule has 3 N–H and O–H groups in total. The van der Waals surface area contributed by atoms with Crippen LogP contribution in [0.2, 0.25) is 0 Å². The van der Waals surface area contributed by atoms with Gasteiger partial charge in [0, 0.05) is 13.6 Å². The van der Waals surface area contributed by atoms with E-state index in [1.54, 1.807) is 0 Å². The highest BCUT2D eigenvalue weighted by molar-refractivity contribution is 5.78. The monoisotopic (exact) mass is 260 g/mol. The Labute approximate surface area is 103 Å². The molecule has 1 rings (SSSR count). The van der Waals surface area contributed by atoms with Gasteiger partial charge in [0.15, 0.2) is 0 Å². The standard InChI is InChI=1S/C12H15F3N2O/c1-17-11(18)9(7-16)6-8-2-4-10(5-3-8)12(13,14)15/h2-5,9H,6-7,16H2,1H3,(H,17,18). The maximum absolute atomic E-state index is 12.3. The lowest BCUT2D eigenvalue weighted by atomic mass is 9.98. The van der Waals surface area contributed by atoms with E-state index in [0.717, 1.165) is 12.1 Å². The van der Waals surface area contributed by atoms with E-state index in [9.17, 15) is 18.0 Å². The van der Waals surface area contributed by atoms with E-state index >= 15 is 0 Å². The maximum Gasteiger partial charge on any atom is 0.416 e. The summed E-state index contributed by atoms with van der Waals surface area (Å²) in [5.74, 6) is -0.635. The Morgan fingerprint density at radius 3 is 2.28 bits per heavy atom. The summed E-state index contributed by atoms with van der Waals surface area (Å²) in [5.41, 5.74) is 5.41. The molecule has 0 aromatic heterocycles. The van der Waals surface area contributed by atoms with Gasteiger partial charge in [-0.05, 0) is 24.1 Å². The topological polar surface area (TPSA) is 55.1 Å². The summed E-state index contributed by atoms with van der Waals surface area (Å²) in [4.78, 5) is 11.4. The second-order valence-corrected chi connectivity index (χ2v) is 3.95. The van der Waals surface area contributed by atoms with Gasteiger partial charge in [0.1, 0.15) is 0 Å². The minimum absolute atomic E-state index is 0.153. The molecule has 0 saturated heterocycles. The van der Waals surface area contributed by atoms with E-state index in [0.29, 0.717) is 12.0 Å². The lowest BCUT2D eigenvalue weighted by molar-refractivity contribution is -0.137. The van der Waals surface area contributed by atoms with Crippen molar-refractivity contribution in [3.63, 3.8) is 0 Å². The smallest absolute Gasteiger partial charge is 0.359 e. The van der Waals surface area contributed by atoms with Crippen molar-refractivity contribution >= 4 is 5.91 Å². The summed E-state index contributed by atoms with van der Waals surface area (Å²) >= 11 is 0. The molecule has 1 unspecified atom stereocenters. The van der Waals surface area contributed by atoms with Crippen molar-refractivity contribution in [2.75, 3.05) is 13.6 Å². The van der Waals surface area contributed by atoms with Crippen LogP contribution in [-0.4, -0.2) is 19.5 Å². The SMILES string of the molecule is CNC(=O)C(CN)Cc1ccc(C(F)(F)F)cc1. The summed E-state index contributed by atoms with van der Waals surface area (Å²) in [6.45, 7) is 0.153. The molecule has 0 aliphatic rings. The summed E-state index contributed by atoms with van der Waals surface area (Å²) in [7, 11) is 1.50. The third kappa shape index (κ3) is 3.73. The van der Waals surface area contributed by atoms with Gasteiger partial charge in [0.05, 0.1) is 11.5 Å². The van der Waals surface area contributed by atoms with E-state index in [-0.39, 0.29) is 12.5 Å². The first-order chi connectivity index (χ1) is 8.38. The summed E-state index contributed by atoms with van der Waals surface area (Å²) in [6.07, 6.45) is -4.01. The Bertz CT molecular complexity index is 401. The molecule has 3 nitrogen and oxygen atoms in total. The number of benzene rings is 1. The molecule has 0 saturated carbocycles. The van der Waals surface area contributed by atoms with Crippen LogP contribution >= 0.6 is 0 Å². The zero-order valence-corrected chi connectivity index (χ0v) is 9.92. The average molecular weight is 260 g/mol. The van der Waals surface area contributed by atoms with Gasteiger partial charge in [-0.15, -0.1) is 0 Å². The molecular weight excluding hydrogens is 245 g/mol. The molecule has 6 heteroatoms. The number of rotatable bonds is 4. The van der Waals surface area contributed by atoms with Gasteiger partial charge in [-0.1, -0.05) is 12.1 Å². The predicted octanol–water partition coefficient (Wildman–Crippen LogP) is 1.57. The van der Waals surface area contributed by atoms with Crippen molar-refractivity contribution in [1.82, 2.24) is 5.32 Å². The van der Waals surface area contributed by atoms with Crippen LogP contribution in [0.25, 0.3) is 0 Å². The first-order valence-corrected chi connectivity index (χ1v) is 5.46. The molecule has 0 spiro atoms. The molecule has 0 heterocycles. The average Bonchev–Trinajstić information content (AvgIpc) is 2.34.